The topological polar surface area (TPSA) is 32.3 Å². The summed E-state index contributed by atoms with van der Waals surface area (Å²) in [4.78, 5) is 14.7. The van der Waals surface area contributed by atoms with Crippen LogP contribution in [0.25, 0.3) is 0 Å². The maximum atomic E-state index is 12.3. The Morgan fingerprint density at radius 2 is 1.60 bits per heavy atom. The van der Waals surface area contributed by atoms with Crippen molar-refractivity contribution in [2.45, 2.75) is 57.7 Å². The molecule has 0 radical (unpaired) electrons. The lowest BCUT2D eigenvalue weighted by Crippen LogP contribution is -2.62. The summed E-state index contributed by atoms with van der Waals surface area (Å²) in [6.07, 6.45) is 1.96. The number of hydrogen-bond acceptors (Lipinski definition) is 2. The molecule has 1 saturated heterocycles. The molecule has 2 rings (SSSR count). The van der Waals surface area contributed by atoms with E-state index in [0.29, 0.717) is 0 Å². The molecule has 0 spiro atoms. The molecule has 0 aromatic heterocycles. The molecule has 1 aromatic carbocycles. The van der Waals surface area contributed by atoms with Gasteiger partial charge < -0.3 is 5.32 Å². The monoisotopic (exact) mass is 274 g/mol. The van der Waals surface area contributed by atoms with E-state index in [1.54, 1.807) is 0 Å². The molecule has 0 atom stereocenters. The molecule has 3 nitrogen and oxygen atoms in total. The zero-order chi connectivity index (χ0) is 15.0. The van der Waals surface area contributed by atoms with E-state index < -0.39 is 0 Å². The van der Waals surface area contributed by atoms with Crippen molar-refractivity contribution < 1.29 is 4.79 Å². The maximum absolute atomic E-state index is 12.3. The fourth-order valence-electron chi connectivity index (χ4n) is 3.33. The first-order chi connectivity index (χ1) is 9.22. The molecule has 3 heteroatoms. The molecule has 1 N–H and O–H groups in total. The zero-order valence-electron chi connectivity index (χ0n) is 13.2. The molecular formula is C17H26N2O. The van der Waals surface area contributed by atoms with Crippen molar-refractivity contribution >= 4 is 5.91 Å². The van der Waals surface area contributed by atoms with Crippen LogP contribution in [-0.2, 0) is 0 Å². The molecule has 0 aliphatic carbocycles. The van der Waals surface area contributed by atoms with Crippen LogP contribution in [0.1, 0.15) is 50.9 Å². The Balaban J connectivity index is 2.09. The maximum Gasteiger partial charge on any atom is 0.251 e. The van der Waals surface area contributed by atoms with Gasteiger partial charge in [-0.1, -0.05) is 18.2 Å². The van der Waals surface area contributed by atoms with Gasteiger partial charge in [-0.2, -0.15) is 0 Å². The zero-order valence-corrected chi connectivity index (χ0v) is 13.2. The Bertz CT molecular complexity index is 461. The third-order valence-electron chi connectivity index (χ3n) is 4.68. The average Bonchev–Trinajstić information content (AvgIpc) is 2.36. The van der Waals surface area contributed by atoms with Crippen LogP contribution in [0, 0.1) is 0 Å². The van der Waals surface area contributed by atoms with Crippen molar-refractivity contribution in [2.24, 2.45) is 0 Å². The minimum Gasteiger partial charge on any atom is -0.349 e. The number of likely N-dealkylation sites (tertiary alicyclic amines) is 1. The Kier molecular flexibility index (Phi) is 3.92. The minimum absolute atomic E-state index is 0.0340. The summed E-state index contributed by atoms with van der Waals surface area (Å²) in [7, 11) is 2.18. The van der Waals surface area contributed by atoms with Gasteiger partial charge in [0.15, 0.2) is 0 Å². The molecule has 1 aliphatic heterocycles. The largest absolute Gasteiger partial charge is 0.349 e. The third-order valence-corrected chi connectivity index (χ3v) is 4.68. The lowest BCUT2D eigenvalue weighted by atomic mass is 9.77. The van der Waals surface area contributed by atoms with Crippen LogP contribution in [-0.4, -0.2) is 35.0 Å². The Labute approximate surface area is 122 Å². The molecule has 20 heavy (non-hydrogen) atoms. The summed E-state index contributed by atoms with van der Waals surface area (Å²) >= 11 is 0. The molecule has 1 aliphatic rings. The van der Waals surface area contributed by atoms with E-state index in [1.807, 2.05) is 30.3 Å². The Hall–Kier alpha value is -1.35. The molecule has 0 saturated carbocycles. The summed E-state index contributed by atoms with van der Waals surface area (Å²) in [5.74, 6) is 0.0340. The quantitative estimate of drug-likeness (QED) is 0.899. The summed E-state index contributed by atoms with van der Waals surface area (Å²) in [6.45, 7) is 8.98. The van der Waals surface area contributed by atoms with Crippen LogP contribution in [0.15, 0.2) is 30.3 Å². The first-order valence-corrected chi connectivity index (χ1v) is 7.32. The second kappa shape index (κ2) is 5.21. The highest BCUT2D eigenvalue weighted by Gasteiger charge is 2.43. The minimum atomic E-state index is 0.0340. The van der Waals surface area contributed by atoms with Crippen LogP contribution in [0.3, 0.4) is 0 Å². The van der Waals surface area contributed by atoms with Gasteiger partial charge in [0, 0.05) is 22.7 Å². The smallest absolute Gasteiger partial charge is 0.251 e. The van der Waals surface area contributed by atoms with Crippen molar-refractivity contribution in [1.82, 2.24) is 10.2 Å². The van der Waals surface area contributed by atoms with E-state index in [0.717, 1.165) is 18.4 Å². The second-order valence-corrected chi connectivity index (χ2v) is 7.13. The number of amides is 1. The van der Waals surface area contributed by atoms with E-state index in [2.05, 4.69) is 45.0 Å². The van der Waals surface area contributed by atoms with Crippen molar-refractivity contribution in [3.63, 3.8) is 0 Å². The van der Waals surface area contributed by atoms with Crippen LogP contribution < -0.4 is 5.32 Å². The summed E-state index contributed by atoms with van der Waals surface area (Å²) in [6, 6.07) is 9.68. The summed E-state index contributed by atoms with van der Waals surface area (Å²) in [5, 5.41) is 3.20. The fourth-order valence-corrected chi connectivity index (χ4v) is 3.33. The standard InChI is InChI=1S/C17H26N2O/c1-16(2)11-14(12-17(3,4)19(16)5)18-15(20)13-9-7-6-8-10-13/h6-10,14H,11-12H2,1-5H3,(H,18,20). The van der Waals surface area contributed by atoms with Gasteiger partial charge in [0.2, 0.25) is 0 Å². The molecule has 0 unspecified atom stereocenters. The third kappa shape index (κ3) is 3.04. The van der Waals surface area contributed by atoms with Crippen molar-refractivity contribution in [1.29, 1.82) is 0 Å². The normalized spacial score (nSPS) is 22.4. The molecule has 1 amide bonds. The molecule has 110 valence electrons. The second-order valence-electron chi connectivity index (χ2n) is 7.13. The highest BCUT2D eigenvalue weighted by atomic mass is 16.1. The van der Waals surface area contributed by atoms with Crippen LogP contribution in [0.5, 0.6) is 0 Å². The predicted octanol–water partition coefficient (Wildman–Crippen LogP) is 3.07. The van der Waals surface area contributed by atoms with Crippen molar-refractivity contribution in [3.05, 3.63) is 35.9 Å². The first kappa shape index (κ1) is 15.0. The van der Waals surface area contributed by atoms with Crippen molar-refractivity contribution in [2.75, 3.05) is 7.05 Å². The SMILES string of the molecule is CN1C(C)(C)CC(NC(=O)c2ccccc2)CC1(C)C. The Morgan fingerprint density at radius 3 is 2.10 bits per heavy atom. The average molecular weight is 274 g/mol. The van der Waals surface area contributed by atoms with Gasteiger partial charge >= 0.3 is 0 Å². The number of hydrogen-bond donors (Lipinski definition) is 1. The summed E-state index contributed by atoms with van der Waals surface area (Å²) in [5.41, 5.74) is 0.925. The Morgan fingerprint density at radius 1 is 1.10 bits per heavy atom. The number of carbonyl (C=O) groups is 1. The van der Waals surface area contributed by atoms with E-state index in [-0.39, 0.29) is 23.0 Å². The van der Waals surface area contributed by atoms with E-state index in [4.69, 9.17) is 0 Å². The highest BCUT2D eigenvalue weighted by Crippen LogP contribution is 2.36. The number of carbonyl (C=O) groups excluding carboxylic acids is 1. The summed E-state index contributed by atoms with van der Waals surface area (Å²) < 4.78 is 0. The van der Waals surface area contributed by atoms with Gasteiger partial charge in [0.1, 0.15) is 0 Å². The van der Waals surface area contributed by atoms with Gasteiger partial charge in [-0.3, -0.25) is 9.69 Å². The number of nitrogens with zero attached hydrogens (tertiary/aromatic N) is 1. The van der Waals surface area contributed by atoms with Crippen LogP contribution >= 0.6 is 0 Å². The molecule has 1 aromatic rings. The molecule has 1 heterocycles. The predicted molar refractivity (Wildman–Crippen MR) is 82.9 cm³/mol. The number of benzene rings is 1. The van der Waals surface area contributed by atoms with Crippen molar-refractivity contribution in [3.8, 4) is 0 Å². The van der Waals surface area contributed by atoms with Gasteiger partial charge in [-0.15, -0.1) is 0 Å². The van der Waals surface area contributed by atoms with Crippen LogP contribution in [0.4, 0.5) is 0 Å². The van der Waals surface area contributed by atoms with Gasteiger partial charge in [0.25, 0.3) is 5.91 Å². The van der Waals surface area contributed by atoms with E-state index >= 15 is 0 Å². The van der Waals surface area contributed by atoms with E-state index in [9.17, 15) is 4.79 Å². The lowest BCUT2D eigenvalue weighted by molar-refractivity contribution is -0.0169. The molecule has 1 fully saturated rings. The van der Waals surface area contributed by atoms with Gasteiger partial charge in [0.05, 0.1) is 0 Å². The number of nitrogens with one attached hydrogen (secondary N) is 1. The molecular weight excluding hydrogens is 248 g/mol. The van der Waals surface area contributed by atoms with Crippen LogP contribution in [0.2, 0.25) is 0 Å². The molecule has 0 bridgehead atoms. The first-order valence-electron chi connectivity index (χ1n) is 7.32. The van der Waals surface area contributed by atoms with Gasteiger partial charge in [-0.25, -0.2) is 0 Å². The number of piperidine rings is 1. The van der Waals surface area contributed by atoms with Gasteiger partial charge in [-0.05, 0) is 59.7 Å². The van der Waals surface area contributed by atoms with E-state index in [1.165, 1.54) is 0 Å². The highest BCUT2D eigenvalue weighted by molar-refractivity contribution is 5.94. The number of rotatable bonds is 2. The fraction of sp³-hybridized carbons (Fsp3) is 0.588. The lowest BCUT2D eigenvalue weighted by Gasteiger charge is -2.53.